The third kappa shape index (κ3) is 7.66. The van der Waals surface area contributed by atoms with Gasteiger partial charge in [0.1, 0.15) is 22.3 Å². The highest BCUT2D eigenvalue weighted by Crippen LogP contribution is 2.27. The number of esters is 2. The zero-order valence-electron chi connectivity index (χ0n) is 29.4. The van der Waals surface area contributed by atoms with Crippen molar-refractivity contribution in [1.29, 1.82) is 5.26 Å². The van der Waals surface area contributed by atoms with E-state index in [0.29, 0.717) is 10.8 Å². The first-order valence-corrected chi connectivity index (χ1v) is 16.8. The second-order valence-electron chi connectivity index (χ2n) is 11.7. The van der Waals surface area contributed by atoms with E-state index in [9.17, 15) is 29.2 Å². The predicted octanol–water partition coefficient (Wildman–Crippen LogP) is 5.33. The van der Waals surface area contributed by atoms with Crippen molar-refractivity contribution in [2.24, 2.45) is 0 Å². The average Bonchev–Trinajstić information content (AvgIpc) is 3.16. The molecule has 2 atom stereocenters. The Kier molecular flexibility index (Phi) is 11.4. The van der Waals surface area contributed by atoms with Gasteiger partial charge in [-0.3, -0.25) is 4.79 Å². The Hall–Kier alpha value is -6.42. The molecule has 5 aromatic rings. The minimum Gasteiger partial charge on any atom is -0.467 e. The fourth-order valence-corrected chi connectivity index (χ4v) is 5.93. The molecule has 0 fully saturated rings. The highest BCUT2D eigenvalue weighted by atomic mass is 16.6. The molecule has 1 N–H and O–H groups in total. The minimum atomic E-state index is -1.72. The lowest BCUT2D eigenvalue weighted by Crippen LogP contribution is -2.48. The van der Waals surface area contributed by atoms with Gasteiger partial charge in [0.2, 0.25) is 0 Å². The maximum atomic E-state index is 13.7. The number of carbonyl (C=O) groups excluding carboxylic acids is 3. The van der Waals surface area contributed by atoms with Crippen LogP contribution in [0, 0.1) is 11.3 Å². The zero-order chi connectivity index (χ0) is 37.5. The van der Waals surface area contributed by atoms with E-state index in [1.54, 1.807) is 24.3 Å². The number of carbonyl (C=O) groups is 3. The molecule has 0 aliphatic heterocycles. The third-order valence-electron chi connectivity index (χ3n) is 8.81. The van der Waals surface area contributed by atoms with Crippen molar-refractivity contribution in [1.82, 2.24) is 5.32 Å². The first kappa shape index (κ1) is 36.9. The van der Waals surface area contributed by atoms with E-state index in [1.807, 2.05) is 45.9 Å². The number of nitriles is 1. The van der Waals surface area contributed by atoms with Crippen molar-refractivity contribution >= 4 is 51.2 Å². The van der Waals surface area contributed by atoms with Crippen LogP contribution in [0.1, 0.15) is 65.6 Å². The van der Waals surface area contributed by atoms with E-state index in [1.165, 1.54) is 36.4 Å². The molecule has 13 heteroatoms. The number of anilines is 2. The van der Waals surface area contributed by atoms with Gasteiger partial charge in [-0.15, -0.1) is 0 Å². The van der Waals surface area contributed by atoms with Crippen LogP contribution in [-0.4, -0.2) is 57.2 Å². The number of hydrogen-bond acceptors (Lipinski definition) is 12. The summed E-state index contributed by atoms with van der Waals surface area (Å²) in [5.41, 5.74) is -0.196. The number of hydrogen-bond donors (Lipinski definition) is 1. The van der Waals surface area contributed by atoms with Crippen LogP contribution in [0.3, 0.4) is 0 Å². The Bertz CT molecular complexity index is 2280. The number of fused-ring (bicyclic) bond motifs is 2. The van der Waals surface area contributed by atoms with Crippen molar-refractivity contribution in [3.05, 3.63) is 116 Å². The molecule has 1 amide bonds. The van der Waals surface area contributed by atoms with Gasteiger partial charge in [0.05, 0.1) is 18.7 Å². The first-order chi connectivity index (χ1) is 25.0. The molecule has 52 heavy (non-hydrogen) atoms. The van der Waals surface area contributed by atoms with Crippen LogP contribution >= 0.6 is 0 Å². The molecule has 3 aromatic carbocycles. The lowest BCUT2D eigenvalue weighted by molar-refractivity contribution is -0.146. The van der Waals surface area contributed by atoms with E-state index in [-0.39, 0.29) is 22.3 Å². The SMILES string of the molecule is CCN(CC)c1ccc2cc(C(=O)N[C@H](C(=O)OC)[C@H](OC(=O)c3cc4ccc(N(CC)CC)cc4oc3=O)c3ccc(C#N)cc3)c(=O)oc2c1. The molecule has 2 aromatic heterocycles. The standard InChI is InChI=1S/C39H38N4O9/c1-6-42(7-2)27-16-14-25-18-29(36(45)50-31(25)20-27)35(44)41-33(39(48)49-5)34(24-12-10-23(22-40)11-13-24)52-38(47)30-19-26-15-17-28(43(8-3)9-4)21-32(26)51-37(30)46/h10-21,33-34H,6-9H2,1-5H3,(H,41,44)/t33-,34+/m0/s1. The highest BCUT2D eigenvalue weighted by molar-refractivity contribution is 5.99. The molecule has 0 radical (unpaired) electrons. The number of methoxy groups -OCH3 is 1. The largest absolute Gasteiger partial charge is 0.467 e. The Morgan fingerprint density at radius 3 is 1.73 bits per heavy atom. The first-order valence-electron chi connectivity index (χ1n) is 16.8. The molecule has 5 rings (SSSR count). The van der Waals surface area contributed by atoms with E-state index in [2.05, 4.69) is 15.1 Å². The Balaban J connectivity index is 1.51. The summed E-state index contributed by atoms with van der Waals surface area (Å²) in [4.78, 5) is 71.0. The Morgan fingerprint density at radius 1 is 0.750 bits per heavy atom. The van der Waals surface area contributed by atoms with Gasteiger partial charge >= 0.3 is 23.2 Å². The second kappa shape index (κ2) is 16.1. The van der Waals surface area contributed by atoms with E-state index >= 15 is 0 Å². The van der Waals surface area contributed by atoms with Gasteiger partial charge < -0.3 is 33.4 Å². The molecule has 268 valence electrons. The summed E-state index contributed by atoms with van der Waals surface area (Å²) in [5.74, 6) is -3.20. The topological polar surface area (TPSA) is 172 Å². The summed E-state index contributed by atoms with van der Waals surface area (Å²) >= 11 is 0. The van der Waals surface area contributed by atoms with Gasteiger partial charge in [0.25, 0.3) is 5.91 Å². The van der Waals surface area contributed by atoms with E-state index in [4.69, 9.17) is 18.3 Å². The van der Waals surface area contributed by atoms with Crippen molar-refractivity contribution in [2.45, 2.75) is 39.8 Å². The zero-order valence-corrected chi connectivity index (χ0v) is 29.4. The van der Waals surface area contributed by atoms with Crippen LogP contribution < -0.4 is 26.4 Å². The monoisotopic (exact) mass is 706 g/mol. The molecule has 0 saturated heterocycles. The summed E-state index contributed by atoms with van der Waals surface area (Å²) in [7, 11) is 1.07. The third-order valence-corrected chi connectivity index (χ3v) is 8.81. The number of rotatable bonds is 13. The molecule has 0 aliphatic carbocycles. The van der Waals surface area contributed by atoms with E-state index < -0.39 is 52.4 Å². The quantitative estimate of drug-likeness (QED) is 0.123. The predicted molar refractivity (Wildman–Crippen MR) is 195 cm³/mol. The minimum absolute atomic E-state index is 0.173. The molecule has 0 bridgehead atoms. The van der Waals surface area contributed by atoms with Crippen LogP contribution in [0.25, 0.3) is 21.9 Å². The number of amides is 1. The molecule has 0 aliphatic rings. The van der Waals surface area contributed by atoms with Gasteiger partial charge in [0.15, 0.2) is 12.1 Å². The summed E-state index contributed by atoms with van der Waals surface area (Å²) in [6, 6.07) is 19.1. The molecule has 0 spiro atoms. The van der Waals surface area contributed by atoms with Crippen molar-refractivity contribution in [3.8, 4) is 6.07 Å². The summed E-state index contributed by atoms with van der Waals surface area (Å²) < 4.78 is 21.8. The smallest absolute Gasteiger partial charge is 0.351 e. The number of benzene rings is 3. The maximum Gasteiger partial charge on any atom is 0.351 e. The van der Waals surface area contributed by atoms with E-state index in [0.717, 1.165) is 44.7 Å². The molecule has 0 saturated carbocycles. The van der Waals surface area contributed by atoms with Crippen LogP contribution in [-0.2, 0) is 14.3 Å². The number of ether oxygens (including phenoxy) is 2. The van der Waals surface area contributed by atoms with Crippen molar-refractivity contribution < 1.29 is 32.7 Å². The fourth-order valence-electron chi connectivity index (χ4n) is 5.93. The Morgan fingerprint density at radius 2 is 1.25 bits per heavy atom. The Labute approximate surface area is 298 Å². The molecular weight excluding hydrogens is 668 g/mol. The highest BCUT2D eigenvalue weighted by Gasteiger charge is 2.37. The molecule has 0 unspecified atom stereocenters. The molecular formula is C39H38N4O9. The van der Waals surface area contributed by atoms with Crippen LogP contribution in [0.5, 0.6) is 0 Å². The number of nitrogens with one attached hydrogen (secondary N) is 1. The second-order valence-corrected chi connectivity index (χ2v) is 11.7. The van der Waals surface area contributed by atoms with Crippen LogP contribution in [0.15, 0.2) is 91.2 Å². The normalized spacial score (nSPS) is 12.1. The summed E-state index contributed by atoms with van der Waals surface area (Å²) in [5, 5.41) is 12.7. The molecule has 13 nitrogen and oxygen atoms in total. The van der Waals surface area contributed by atoms with Crippen molar-refractivity contribution in [3.63, 3.8) is 0 Å². The average molecular weight is 707 g/mol. The van der Waals surface area contributed by atoms with Crippen molar-refractivity contribution in [2.75, 3.05) is 43.1 Å². The van der Waals surface area contributed by atoms with Gasteiger partial charge in [-0.05, 0) is 81.8 Å². The summed E-state index contributed by atoms with van der Waals surface area (Å²) in [6.45, 7) is 10.9. The molecule has 2 heterocycles. The fraction of sp³-hybridized carbons (Fsp3) is 0.282. The van der Waals surface area contributed by atoms with Gasteiger partial charge in [0, 0.05) is 60.5 Å². The van der Waals surface area contributed by atoms with Gasteiger partial charge in [-0.2, -0.15) is 5.26 Å². The van der Waals surface area contributed by atoms with Gasteiger partial charge in [-0.25, -0.2) is 19.2 Å². The van der Waals surface area contributed by atoms with Crippen LogP contribution in [0.2, 0.25) is 0 Å². The summed E-state index contributed by atoms with van der Waals surface area (Å²) in [6.07, 6.45) is -1.60. The number of nitrogens with zero attached hydrogens (tertiary/aromatic N) is 3. The lowest BCUT2D eigenvalue weighted by atomic mass is 10.00. The van der Waals surface area contributed by atoms with Crippen LogP contribution in [0.4, 0.5) is 11.4 Å². The lowest BCUT2D eigenvalue weighted by Gasteiger charge is -2.26. The maximum absolute atomic E-state index is 13.7. The van der Waals surface area contributed by atoms with Gasteiger partial charge in [-0.1, -0.05) is 12.1 Å².